The molecular weight excluding hydrogens is 359 g/mol. The van der Waals surface area contributed by atoms with E-state index in [1.54, 1.807) is 0 Å². The molecule has 1 nitrogen and oxygen atoms in total. The molecule has 1 unspecified atom stereocenters. The van der Waals surface area contributed by atoms with Crippen molar-refractivity contribution in [3.8, 4) is 5.75 Å². The molecule has 2 aliphatic rings. The van der Waals surface area contributed by atoms with E-state index in [2.05, 4.69) is 52.0 Å². The molecule has 1 heterocycles. The quantitative estimate of drug-likeness (QED) is 0.463. The lowest BCUT2D eigenvalue weighted by atomic mass is 9.77. The molecule has 0 bridgehead atoms. The Labute approximate surface area is 171 Å². The molecule has 3 aromatic carbocycles. The van der Waals surface area contributed by atoms with Gasteiger partial charge in [0.1, 0.15) is 11.6 Å². The Hall–Kier alpha value is -2.87. The zero-order valence-corrected chi connectivity index (χ0v) is 17.3. The van der Waals surface area contributed by atoms with E-state index in [4.69, 9.17) is 4.74 Å². The molecule has 2 heteroatoms. The molecule has 0 saturated heterocycles. The van der Waals surface area contributed by atoms with E-state index in [0.717, 1.165) is 22.4 Å². The minimum absolute atomic E-state index is 0.0587. The second-order valence-corrected chi connectivity index (χ2v) is 9.15. The van der Waals surface area contributed by atoms with Crippen molar-refractivity contribution < 1.29 is 9.13 Å². The minimum Gasteiger partial charge on any atom is -0.472 e. The Bertz CT molecular complexity index is 1110. The van der Waals surface area contributed by atoms with Crippen molar-refractivity contribution in [2.45, 2.75) is 33.3 Å². The maximum Gasteiger partial charge on any atom is 0.185 e. The third-order valence-corrected chi connectivity index (χ3v) is 7.20. The van der Waals surface area contributed by atoms with Crippen LogP contribution in [0.5, 0.6) is 5.75 Å². The van der Waals surface area contributed by atoms with Gasteiger partial charge >= 0.3 is 0 Å². The number of ether oxygens (including phenoxy) is 1. The fraction of sp³-hybridized carbons (Fsp3) is 0.259. The summed E-state index contributed by atoms with van der Waals surface area (Å²) in [4.78, 5) is 0. The van der Waals surface area contributed by atoms with Crippen LogP contribution in [0.25, 0.3) is 5.57 Å². The lowest BCUT2D eigenvalue weighted by Crippen LogP contribution is -2.32. The summed E-state index contributed by atoms with van der Waals surface area (Å²) in [6.45, 7) is 9.21. The maximum absolute atomic E-state index is 13.8. The standard InChI is InChI=1S/C27H25FO/c1-25(2)24(26(25,3)4)23-21-12-8-9-13-22(21)29-27(23,18-10-6-5-7-11-18)19-14-16-20(28)17-15-19/h5-17H,1-4H3. The minimum atomic E-state index is -0.793. The van der Waals surface area contributed by atoms with Crippen LogP contribution < -0.4 is 4.74 Å². The first-order chi connectivity index (χ1) is 13.8. The zero-order chi connectivity index (χ0) is 20.4. The van der Waals surface area contributed by atoms with Crippen molar-refractivity contribution in [3.63, 3.8) is 0 Å². The molecule has 0 radical (unpaired) electrons. The predicted molar refractivity (Wildman–Crippen MR) is 115 cm³/mol. The molecule has 1 aliphatic carbocycles. The SMILES string of the molecule is CC1(C)C(=C2c3ccccc3OC2(c2ccccc2)c2ccc(F)cc2)C1(C)C. The summed E-state index contributed by atoms with van der Waals surface area (Å²) in [6.07, 6.45) is 0. The highest BCUT2D eigenvalue weighted by Crippen LogP contribution is 2.73. The van der Waals surface area contributed by atoms with E-state index in [-0.39, 0.29) is 16.6 Å². The molecule has 5 rings (SSSR count). The first-order valence-corrected chi connectivity index (χ1v) is 10.2. The molecule has 0 spiro atoms. The molecule has 146 valence electrons. The number of hydrogen-bond donors (Lipinski definition) is 0. The van der Waals surface area contributed by atoms with Crippen molar-refractivity contribution in [3.05, 3.63) is 107 Å². The van der Waals surface area contributed by atoms with E-state index < -0.39 is 5.60 Å². The van der Waals surface area contributed by atoms with Crippen LogP contribution in [0.15, 0.2) is 84.4 Å². The Kier molecular flexibility index (Phi) is 3.65. The van der Waals surface area contributed by atoms with Gasteiger partial charge in [-0.15, -0.1) is 0 Å². The van der Waals surface area contributed by atoms with E-state index in [1.807, 2.05) is 42.5 Å². The number of rotatable bonds is 2. The van der Waals surface area contributed by atoms with Gasteiger partial charge in [0.25, 0.3) is 0 Å². The molecule has 0 N–H and O–H groups in total. The summed E-state index contributed by atoms with van der Waals surface area (Å²) in [5.41, 5.74) is 5.08. The Morgan fingerprint density at radius 2 is 1.21 bits per heavy atom. The van der Waals surface area contributed by atoms with Gasteiger partial charge < -0.3 is 4.74 Å². The Morgan fingerprint density at radius 1 is 0.655 bits per heavy atom. The average Bonchev–Trinajstić information content (AvgIpc) is 2.98. The second-order valence-electron chi connectivity index (χ2n) is 9.15. The topological polar surface area (TPSA) is 9.23 Å². The molecule has 0 amide bonds. The van der Waals surface area contributed by atoms with Gasteiger partial charge in [0.05, 0.1) is 0 Å². The number of halogens is 1. The largest absolute Gasteiger partial charge is 0.472 e. The summed E-state index contributed by atoms with van der Waals surface area (Å²) in [7, 11) is 0. The van der Waals surface area contributed by atoms with Crippen molar-refractivity contribution in [1.82, 2.24) is 0 Å². The molecule has 3 aromatic rings. The van der Waals surface area contributed by atoms with E-state index in [9.17, 15) is 4.39 Å². The highest BCUT2D eigenvalue weighted by Gasteiger charge is 2.65. The number of hydrogen-bond acceptors (Lipinski definition) is 1. The van der Waals surface area contributed by atoms with Crippen molar-refractivity contribution in [1.29, 1.82) is 0 Å². The first kappa shape index (κ1) is 18.2. The number of fused-ring (bicyclic) bond motifs is 1. The van der Waals surface area contributed by atoms with Gasteiger partial charge in [-0.2, -0.15) is 0 Å². The fourth-order valence-electron chi connectivity index (χ4n) is 5.07. The van der Waals surface area contributed by atoms with E-state index in [0.29, 0.717) is 0 Å². The second kappa shape index (κ2) is 5.82. The monoisotopic (exact) mass is 384 g/mol. The molecular formula is C27H25FO. The van der Waals surface area contributed by atoms with Crippen LogP contribution in [0.3, 0.4) is 0 Å². The Morgan fingerprint density at radius 3 is 1.83 bits per heavy atom. The fourth-order valence-corrected chi connectivity index (χ4v) is 5.07. The van der Waals surface area contributed by atoms with Crippen molar-refractivity contribution >= 4 is 5.57 Å². The predicted octanol–water partition coefficient (Wildman–Crippen LogP) is 6.98. The van der Waals surface area contributed by atoms with Gasteiger partial charge in [-0.05, 0) is 34.6 Å². The van der Waals surface area contributed by atoms with Gasteiger partial charge in [0.15, 0.2) is 5.60 Å². The van der Waals surface area contributed by atoms with Gasteiger partial charge in [0, 0.05) is 22.3 Å². The van der Waals surface area contributed by atoms with Crippen LogP contribution in [0.2, 0.25) is 0 Å². The summed E-state index contributed by atoms with van der Waals surface area (Å²) in [6, 6.07) is 25.3. The number of benzene rings is 3. The lowest BCUT2D eigenvalue weighted by molar-refractivity contribution is 0.191. The van der Waals surface area contributed by atoms with Crippen LogP contribution in [0.1, 0.15) is 44.4 Å². The molecule has 1 atom stereocenters. The van der Waals surface area contributed by atoms with Crippen molar-refractivity contribution in [2.75, 3.05) is 0 Å². The van der Waals surface area contributed by atoms with Gasteiger partial charge in [-0.3, -0.25) is 0 Å². The molecule has 1 fully saturated rings. The molecule has 29 heavy (non-hydrogen) atoms. The maximum atomic E-state index is 13.8. The van der Waals surface area contributed by atoms with Crippen LogP contribution in [-0.4, -0.2) is 0 Å². The third-order valence-electron chi connectivity index (χ3n) is 7.20. The highest BCUT2D eigenvalue weighted by atomic mass is 19.1. The lowest BCUT2D eigenvalue weighted by Gasteiger charge is -2.32. The molecule has 1 saturated carbocycles. The van der Waals surface area contributed by atoms with Crippen molar-refractivity contribution in [2.24, 2.45) is 10.8 Å². The number of allylic oxidation sites excluding steroid dienone is 1. The summed E-state index contributed by atoms with van der Waals surface area (Å²) in [5.74, 6) is 0.635. The van der Waals surface area contributed by atoms with Gasteiger partial charge in [0.2, 0.25) is 0 Å². The van der Waals surface area contributed by atoms with Gasteiger partial charge in [-0.25, -0.2) is 4.39 Å². The van der Waals surface area contributed by atoms with Crippen LogP contribution in [-0.2, 0) is 5.60 Å². The zero-order valence-electron chi connectivity index (χ0n) is 17.3. The Balaban J connectivity index is 1.91. The van der Waals surface area contributed by atoms with Gasteiger partial charge in [-0.1, -0.05) is 88.4 Å². The number of para-hydroxylation sites is 1. The van der Waals surface area contributed by atoms with E-state index >= 15 is 0 Å². The average molecular weight is 384 g/mol. The summed E-state index contributed by atoms with van der Waals surface area (Å²) >= 11 is 0. The normalized spacial score (nSPS) is 23.5. The third kappa shape index (κ3) is 2.32. The van der Waals surface area contributed by atoms with Crippen LogP contribution >= 0.6 is 0 Å². The summed E-state index contributed by atoms with van der Waals surface area (Å²) < 4.78 is 20.7. The highest BCUT2D eigenvalue weighted by molar-refractivity contribution is 5.90. The smallest absolute Gasteiger partial charge is 0.185 e. The summed E-state index contributed by atoms with van der Waals surface area (Å²) in [5, 5.41) is 0. The van der Waals surface area contributed by atoms with Crippen LogP contribution in [0, 0.1) is 16.6 Å². The molecule has 1 aliphatic heterocycles. The first-order valence-electron chi connectivity index (χ1n) is 10.2. The van der Waals surface area contributed by atoms with E-state index in [1.165, 1.54) is 23.3 Å². The molecule has 0 aromatic heterocycles. The van der Waals surface area contributed by atoms with Crippen LogP contribution in [0.4, 0.5) is 4.39 Å².